The molecule has 0 radical (unpaired) electrons. The maximum absolute atomic E-state index is 5.57. The van der Waals surface area contributed by atoms with Crippen molar-refractivity contribution >= 4 is 28.4 Å². The molecule has 0 spiro atoms. The van der Waals surface area contributed by atoms with E-state index in [0.29, 0.717) is 11.6 Å². The molecule has 0 amide bonds. The van der Waals surface area contributed by atoms with Gasteiger partial charge in [0.05, 0.1) is 10.7 Å². The highest BCUT2D eigenvalue weighted by atomic mass is 127. The van der Waals surface area contributed by atoms with Crippen molar-refractivity contribution in [2.45, 2.75) is 0 Å². The highest BCUT2D eigenvalue weighted by Crippen LogP contribution is 2.17. The van der Waals surface area contributed by atoms with E-state index in [4.69, 9.17) is 16.3 Å². The molecule has 0 atom stereocenters. The van der Waals surface area contributed by atoms with E-state index < -0.39 is 0 Å². The van der Waals surface area contributed by atoms with Crippen molar-refractivity contribution in [2.24, 2.45) is 0 Å². The first-order valence-corrected chi connectivity index (χ1v) is 4.02. The summed E-state index contributed by atoms with van der Waals surface area (Å²) in [5.74, 6) is 6.52. The molecule has 0 saturated heterocycles. The third kappa shape index (κ3) is 1.65. The summed E-state index contributed by atoms with van der Waals surface area (Å²) >= 11 is 2.13. The highest BCUT2D eigenvalue weighted by molar-refractivity contribution is 14.1. The van der Waals surface area contributed by atoms with E-state index in [1.807, 2.05) is 6.07 Å². The molecule has 1 aromatic rings. The van der Waals surface area contributed by atoms with Gasteiger partial charge in [-0.1, -0.05) is 0 Å². The van der Waals surface area contributed by atoms with E-state index in [1.54, 1.807) is 13.3 Å². The summed E-state index contributed by atoms with van der Waals surface area (Å²) < 4.78 is 7.29. The van der Waals surface area contributed by atoms with Crippen LogP contribution in [0.4, 0.5) is 5.82 Å². The maximum atomic E-state index is 5.57. The molecule has 0 aromatic carbocycles. The molecule has 1 heterocycles. The molecule has 0 bridgehead atoms. The standard InChI is InChI=1S/C6H8IN3O/c1-11-5-2-4(7)3-10(9)6(5)8/h2-3,8H,9H2,1H3/p+1. The number of hydrogen-bond donors (Lipinski definition) is 2. The smallest absolute Gasteiger partial charge is 0.338 e. The number of pyridine rings is 1. The Morgan fingerprint density at radius 3 is 2.82 bits per heavy atom. The number of nitrogens with zero attached hydrogens (tertiary/aromatic N) is 1. The topological polar surface area (TPSA) is 65.1 Å². The quantitative estimate of drug-likeness (QED) is 0.423. The third-order valence-electron chi connectivity index (χ3n) is 1.28. The van der Waals surface area contributed by atoms with Gasteiger partial charge in [-0.2, -0.15) is 0 Å². The minimum atomic E-state index is 0.424. The highest BCUT2D eigenvalue weighted by Gasteiger charge is 2.10. The summed E-state index contributed by atoms with van der Waals surface area (Å²) in [7, 11) is 1.56. The van der Waals surface area contributed by atoms with Gasteiger partial charge in [0.2, 0.25) is 5.75 Å². The number of nitrogen functional groups attached to an aromatic ring is 2. The Kier molecular flexibility index (Phi) is 2.38. The van der Waals surface area contributed by atoms with E-state index >= 15 is 0 Å². The lowest BCUT2D eigenvalue weighted by Gasteiger charge is -2.01. The van der Waals surface area contributed by atoms with Crippen LogP contribution in [0.5, 0.6) is 5.75 Å². The van der Waals surface area contributed by atoms with Gasteiger partial charge in [0.25, 0.3) is 0 Å². The van der Waals surface area contributed by atoms with Crippen LogP contribution >= 0.6 is 22.6 Å². The van der Waals surface area contributed by atoms with Crippen molar-refractivity contribution < 1.29 is 9.41 Å². The summed E-state index contributed by atoms with van der Waals surface area (Å²) in [5, 5.41) is 0. The predicted octanol–water partition coefficient (Wildman–Crippen LogP) is -0.117. The average molecular weight is 266 g/mol. The molecule has 5 heteroatoms. The Morgan fingerprint density at radius 1 is 1.64 bits per heavy atom. The van der Waals surface area contributed by atoms with Crippen LogP contribution in [0.25, 0.3) is 0 Å². The average Bonchev–Trinajstić information content (AvgIpc) is 1.96. The number of rotatable bonds is 1. The van der Waals surface area contributed by atoms with E-state index in [-0.39, 0.29) is 0 Å². The molecule has 4 N–H and O–H groups in total. The molecular formula is C6H9IN3O+. The lowest BCUT2D eigenvalue weighted by atomic mass is 10.4. The van der Waals surface area contributed by atoms with Gasteiger partial charge in [0, 0.05) is 6.07 Å². The molecule has 4 nitrogen and oxygen atoms in total. The van der Waals surface area contributed by atoms with Crippen LogP contribution in [-0.2, 0) is 0 Å². The Bertz CT molecular complexity index is 277. The fourth-order valence-electron chi connectivity index (χ4n) is 0.730. The zero-order valence-electron chi connectivity index (χ0n) is 6.04. The van der Waals surface area contributed by atoms with Crippen molar-refractivity contribution in [3.05, 3.63) is 15.8 Å². The van der Waals surface area contributed by atoms with Crippen LogP contribution in [0.1, 0.15) is 0 Å². The molecular weight excluding hydrogens is 257 g/mol. The van der Waals surface area contributed by atoms with Crippen molar-refractivity contribution in [3.63, 3.8) is 0 Å². The molecule has 0 aliphatic rings. The Hall–Kier alpha value is -0.720. The minimum absolute atomic E-state index is 0.424. The number of nitrogens with two attached hydrogens (primary N) is 2. The first-order chi connectivity index (χ1) is 5.15. The maximum Gasteiger partial charge on any atom is 0.338 e. The molecule has 0 aliphatic heterocycles. The van der Waals surface area contributed by atoms with Gasteiger partial charge in [-0.3, -0.25) is 11.6 Å². The first-order valence-electron chi connectivity index (χ1n) is 2.95. The zero-order chi connectivity index (χ0) is 8.43. The largest absolute Gasteiger partial charge is 0.489 e. The lowest BCUT2D eigenvalue weighted by Crippen LogP contribution is -2.47. The zero-order valence-corrected chi connectivity index (χ0v) is 8.20. The van der Waals surface area contributed by atoms with Crippen molar-refractivity contribution in [1.29, 1.82) is 0 Å². The van der Waals surface area contributed by atoms with Gasteiger partial charge in [0.1, 0.15) is 6.20 Å². The SMILES string of the molecule is COc1cc(I)c[n+](N)c1N. The summed E-state index contributed by atoms with van der Waals surface area (Å²) in [6.07, 6.45) is 1.72. The van der Waals surface area contributed by atoms with Crippen molar-refractivity contribution in [3.8, 4) is 5.75 Å². The number of anilines is 1. The second-order valence-electron chi connectivity index (χ2n) is 2.02. The molecule has 1 rings (SSSR count). The molecule has 11 heavy (non-hydrogen) atoms. The summed E-state index contributed by atoms with van der Waals surface area (Å²) in [4.78, 5) is 0. The molecule has 1 aromatic heterocycles. The van der Waals surface area contributed by atoms with Crippen LogP contribution in [0.2, 0.25) is 0 Å². The monoisotopic (exact) mass is 266 g/mol. The fourth-order valence-corrected chi connectivity index (χ4v) is 1.31. The number of hydrogen-bond acceptors (Lipinski definition) is 3. The van der Waals surface area contributed by atoms with Crippen LogP contribution in [0.15, 0.2) is 12.3 Å². The predicted molar refractivity (Wildman–Crippen MR) is 50.5 cm³/mol. The Morgan fingerprint density at radius 2 is 2.27 bits per heavy atom. The van der Waals surface area contributed by atoms with Crippen molar-refractivity contribution in [2.75, 3.05) is 18.7 Å². The molecule has 0 fully saturated rings. The lowest BCUT2D eigenvalue weighted by molar-refractivity contribution is -0.624. The molecule has 0 aliphatic carbocycles. The third-order valence-corrected chi connectivity index (χ3v) is 1.87. The second-order valence-corrected chi connectivity index (χ2v) is 3.26. The normalized spacial score (nSPS) is 9.64. The summed E-state index contributed by atoms with van der Waals surface area (Å²) in [5.41, 5.74) is 5.57. The van der Waals surface area contributed by atoms with Crippen LogP contribution < -0.4 is 21.0 Å². The Labute approximate surface area is 78.3 Å². The number of ether oxygens (including phenoxy) is 1. The molecule has 0 unspecified atom stereocenters. The van der Waals surface area contributed by atoms with Crippen LogP contribution in [-0.4, -0.2) is 7.11 Å². The molecule has 60 valence electrons. The fraction of sp³-hybridized carbons (Fsp3) is 0.167. The minimum Gasteiger partial charge on any atom is -0.489 e. The second kappa shape index (κ2) is 3.12. The first kappa shape index (κ1) is 8.38. The van der Waals surface area contributed by atoms with Crippen LogP contribution in [0, 0.1) is 3.57 Å². The number of methoxy groups -OCH3 is 1. The van der Waals surface area contributed by atoms with E-state index in [1.165, 1.54) is 4.68 Å². The van der Waals surface area contributed by atoms with E-state index in [9.17, 15) is 0 Å². The van der Waals surface area contributed by atoms with E-state index in [0.717, 1.165) is 3.57 Å². The number of halogens is 1. The van der Waals surface area contributed by atoms with Gasteiger partial charge >= 0.3 is 5.82 Å². The summed E-state index contributed by atoms with van der Waals surface area (Å²) in [6.45, 7) is 0. The Balaban J connectivity index is 3.24. The van der Waals surface area contributed by atoms with Gasteiger partial charge in [-0.05, 0) is 22.6 Å². The number of aromatic nitrogens is 1. The van der Waals surface area contributed by atoms with Gasteiger partial charge < -0.3 is 4.74 Å². The van der Waals surface area contributed by atoms with Gasteiger partial charge in [-0.25, -0.2) is 0 Å². The van der Waals surface area contributed by atoms with Gasteiger partial charge in [0.15, 0.2) is 0 Å². The van der Waals surface area contributed by atoms with Crippen molar-refractivity contribution in [1.82, 2.24) is 0 Å². The van der Waals surface area contributed by atoms with Gasteiger partial charge in [-0.15, -0.1) is 4.68 Å². The van der Waals surface area contributed by atoms with E-state index in [2.05, 4.69) is 22.6 Å². The summed E-state index contributed by atoms with van der Waals surface area (Å²) in [6, 6.07) is 1.82. The van der Waals surface area contributed by atoms with Crippen LogP contribution in [0.3, 0.4) is 0 Å². The molecule has 0 saturated carbocycles.